The molecule has 1 aromatic heterocycles. The van der Waals surface area contributed by atoms with E-state index in [2.05, 4.69) is 27.8 Å². The molecule has 1 N–H and O–H groups in total. The molecule has 21 heavy (non-hydrogen) atoms. The molecule has 2 aromatic rings. The molecular weight excluding hydrogens is 292 g/mol. The molecule has 1 aliphatic rings. The van der Waals surface area contributed by atoms with Gasteiger partial charge < -0.3 is 10.2 Å². The van der Waals surface area contributed by atoms with Crippen molar-refractivity contribution in [3.63, 3.8) is 0 Å². The summed E-state index contributed by atoms with van der Waals surface area (Å²) in [6, 6.07) is 7.67. The number of halogens is 1. The molecule has 112 valence electrons. The molecule has 0 spiro atoms. The minimum absolute atomic E-state index is 0. The van der Waals surface area contributed by atoms with Crippen molar-refractivity contribution >= 4 is 18.3 Å². The normalized spacial score (nSPS) is 18.1. The van der Waals surface area contributed by atoms with Gasteiger partial charge in [0.1, 0.15) is 6.33 Å². The molecule has 1 saturated heterocycles. The average molecular weight is 309 g/mol. The van der Waals surface area contributed by atoms with Crippen LogP contribution in [0.15, 0.2) is 30.6 Å². The highest BCUT2D eigenvalue weighted by atomic mass is 35.5. The monoisotopic (exact) mass is 308 g/mol. The topological polar surface area (TPSA) is 75.9 Å². The molecule has 1 aliphatic heterocycles. The second-order valence-corrected chi connectivity index (χ2v) is 4.91. The lowest BCUT2D eigenvalue weighted by Gasteiger charge is -2.32. The van der Waals surface area contributed by atoms with E-state index in [9.17, 15) is 4.79 Å². The molecule has 7 nitrogen and oxygen atoms in total. The summed E-state index contributed by atoms with van der Waals surface area (Å²) in [5.41, 5.74) is 1.44. The van der Waals surface area contributed by atoms with Gasteiger partial charge >= 0.3 is 0 Å². The third-order valence-corrected chi connectivity index (χ3v) is 3.36. The van der Waals surface area contributed by atoms with Gasteiger partial charge in [-0.1, -0.05) is 6.07 Å². The molecule has 1 atom stereocenters. The van der Waals surface area contributed by atoms with Crippen molar-refractivity contribution in [2.75, 3.05) is 19.6 Å². The Kier molecular flexibility index (Phi) is 4.87. The number of rotatable bonds is 2. The zero-order chi connectivity index (χ0) is 13.9. The smallest absolute Gasteiger partial charge is 0.254 e. The highest BCUT2D eigenvalue weighted by Crippen LogP contribution is 2.12. The fourth-order valence-corrected chi connectivity index (χ4v) is 2.36. The van der Waals surface area contributed by atoms with Gasteiger partial charge in [-0.3, -0.25) is 4.79 Å². The number of hydrogen-bond donors (Lipinski definition) is 1. The van der Waals surface area contributed by atoms with Crippen LogP contribution in [-0.2, 0) is 0 Å². The van der Waals surface area contributed by atoms with E-state index >= 15 is 0 Å². The Labute approximate surface area is 128 Å². The average Bonchev–Trinajstić information content (AvgIpc) is 3.01. The van der Waals surface area contributed by atoms with Crippen LogP contribution in [0.3, 0.4) is 0 Å². The van der Waals surface area contributed by atoms with Crippen LogP contribution in [0.2, 0.25) is 0 Å². The van der Waals surface area contributed by atoms with Crippen LogP contribution in [0.5, 0.6) is 0 Å². The lowest BCUT2D eigenvalue weighted by molar-refractivity contribution is 0.0709. The van der Waals surface area contributed by atoms with E-state index in [0.717, 1.165) is 25.3 Å². The Morgan fingerprint density at radius 2 is 2.29 bits per heavy atom. The Morgan fingerprint density at radius 3 is 3.00 bits per heavy atom. The number of hydrogen-bond acceptors (Lipinski definition) is 5. The molecule has 3 rings (SSSR count). The molecule has 1 fully saturated rings. The van der Waals surface area contributed by atoms with Crippen LogP contribution in [-0.4, -0.2) is 56.7 Å². The molecule has 2 heterocycles. The van der Waals surface area contributed by atoms with Gasteiger partial charge in [-0.15, -0.1) is 17.5 Å². The Balaban J connectivity index is 0.00000161. The maximum Gasteiger partial charge on any atom is 0.254 e. The highest BCUT2D eigenvalue weighted by molar-refractivity contribution is 5.94. The van der Waals surface area contributed by atoms with Gasteiger partial charge in [-0.05, 0) is 35.5 Å². The van der Waals surface area contributed by atoms with E-state index in [0.29, 0.717) is 11.6 Å². The number of benzene rings is 1. The lowest BCUT2D eigenvalue weighted by Crippen LogP contribution is -2.51. The van der Waals surface area contributed by atoms with Crippen LogP contribution in [0, 0.1) is 0 Å². The van der Waals surface area contributed by atoms with Gasteiger partial charge in [0.05, 0.1) is 5.69 Å². The molecule has 1 aromatic carbocycles. The summed E-state index contributed by atoms with van der Waals surface area (Å²) < 4.78 is 1.54. The number of carbonyl (C=O) groups is 1. The number of nitrogens with one attached hydrogen (secondary N) is 1. The first kappa shape index (κ1) is 15.4. The van der Waals surface area contributed by atoms with E-state index in [1.165, 1.54) is 11.0 Å². The first-order valence-corrected chi connectivity index (χ1v) is 6.60. The maximum absolute atomic E-state index is 12.5. The van der Waals surface area contributed by atoms with Gasteiger partial charge in [0.25, 0.3) is 5.91 Å². The van der Waals surface area contributed by atoms with E-state index in [1.54, 1.807) is 0 Å². The molecule has 8 heteroatoms. The van der Waals surface area contributed by atoms with Crippen molar-refractivity contribution in [3.8, 4) is 5.69 Å². The summed E-state index contributed by atoms with van der Waals surface area (Å²) in [4.78, 5) is 14.4. The number of nitrogens with zero attached hydrogens (tertiary/aromatic N) is 5. The zero-order valence-electron chi connectivity index (χ0n) is 11.6. The summed E-state index contributed by atoms with van der Waals surface area (Å²) in [5.74, 6) is 0.0493. The van der Waals surface area contributed by atoms with Crippen LogP contribution in [0.25, 0.3) is 5.69 Å². The minimum atomic E-state index is 0. The standard InChI is InChI=1S/C13H16N6O.ClH/c1-10-8-18(6-5-14-10)13(20)11-3-2-4-12(7-11)19-9-15-16-17-19;/h2-4,7,9-10,14H,5-6,8H2,1H3;1H. The zero-order valence-corrected chi connectivity index (χ0v) is 12.5. The number of carbonyl (C=O) groups excluding carboxylic acids is 1. The number of amides is 1. The number of piperazine rings is 1. The van der Waals surface area contributed by atoms with Crippen molar-refractivity contribution < 1.29 is 4.79 Å². The third kappa shape index (κ3) is 3.37. The van der Waals surface area contributed by atoms with Gasteiger partial charge in [-0.2, -0.15) is 0 Å². The SMILES string of the molecule is CC1CN(C(=O)c2cccc(-n3cnnn3)c2)CCN1.Cl. The summed E-state index contributed by atoms with van der Waals surface area (Å²) in [7, 11) is 0. The Hall–Kier alpha value is -1.99. The molecule has 0 radical (unpaired) electrons. The molecule has 0 bridgehead atoms. The predicted molar refractivity (Wildman–Crippen MR) is 79.8 cm³/mol. The summed E-state index contributed by atoms with van der Waals surface area (Å²) in [6.07, 6.45) is 1.51. The summed E-state index contributed by atoms with van der Waals surface area (Å²) in [6.45, 7) is 4.38. The maximum atomic E-state index is 12.5. The van der Waals surface area contributed by atoms with Gasteiger partial charge in [0, 0.05) is 31.2 Å². The molecule has 0 aliphatic carbocycles. The largest absolute Gasteiger partial charge is 0.336 e. The second kappa shape index (κ2) is 6.64. The Bertz CT molecular complexity index is 602. The van der Waals surface area contributed by atoms with Gasteiger partial charge in [0.15, 0.2) is 0 Å². The van der Waals surface area contributed by atoms with Crippen LogP contribution in [0.1, 0.15) is 17.3 Å². The number of tetrazole rings is 1. The van der Waals surface area contributed by atoms with E-state index in [1.807, 2.05) is 29.2 Å². The van der Waals surface area contributed by atoms with Crippen molar-refractivity contribution in [2.45, 2.75) is 13.0 Å². The van der Waals surface area contributed by atoms with Gasteiger partial charge in [0.2, 0.25) is 0 Å². The molecule has 1 amide bonds. The van der Waals surface area contributed by atoms with Crippen molar-refractivity contribution in [1.29, 1.82) is 0 Å². The van der Waals surface area contributed by atoms with Crippen LogP contribution < -0.4 is 5.32 Å². The fourth-order valence-electron chi connectivity index (χ4n) is 2.36. The first-order valence-electron chi connectivity index (χ1n) is 6.60. The van der Waals surface area contributed by atoms with Crippen molar-refractivity contribution in [2.24, 2.45) is 0 Å². The lowest BCUT2D eigenvalue weighted by atomic mass is 10.1. The highest BCUT2D eigenvalue weighted by Gasteiger charge is 2.21. The van der Waals surface area contributed by atoms with Crippen LogP contribution >= 0.6 is 12.4 Å². The Morgan fingerprint density at radius 1 is 1.43 bits per heavy atom. The van der Waals surface area contributed by atoms with Crippen LogP contribution in [0.4, 0.5) is 0 Å². The van der Waals surface area contributed by atoms with Gasteiger partial charge in [-0.25, -0.2) is 4.68 Å². The summed E-state index contributed by atoms with van der Waals surface area (Å²) >= 11 is 0. The molecule has 1 unspecified atom stereocenters. The quantitative estimate of drug-likeness (QED) is 0.875. The first-order chi connectivity index (χ1) is 9.74. The molecule has 0 saturated carbocycles. The van der Waals surface area contributed by atoms with E-state index < -0.39 is 0 Å². The minimum Gasteiger partial charge on any atom is -0.336 e. The third-order valence-electron chi connectivity index (χ3n) is 3.36. The van der Waals surface area contributed by atoms with E-state index in [4.69, 9.17) is 0 Å². The molecular formula is C13H17ClN6O. The van der Waals surface area contributed by atoms with Crippen molar-refractivity contribution in [3.05, 3.63) is 36.2 Å². The van der Waals surface area contributed by atoms with Crippen molar-refractivity contribution in [1.82, 2.24) is 30.4 Å². The fraction of sp³-hybridized carbons (Fsp3) is 0.385. The predicted octanol–water partition coefficient (Wildman–Crippen LogP) is 0.518. The van der Waals surface area contributed by atoms with E-state index in [-0.39, 0.29) is 18.3 Å². The summed E-state index contributed by atoms with van der Waals surface area (Å²) in [5, 5.41) is 14.4. The second-order valence-electron chi connectivity index (χ2n) is 4.91. The number of aromatic nitrogens is 4.